The van der Waals surface area contributed by atoms with Crippen molar-refractivity contribution >= 4 is 56.0 Å². The molecule has 3 aromatic rings. The number of aliphatic carboxylic acids is 1. The summed E-state index contributed by atoms with van der Waals surface area (Å²) in [6.45, 7) is 0.557. The largest absolute Gasteiger partial charge is 0.481 e. The zero-order chi connectivity index (χ0) is 18.4. The molecular formula is C19H15BrCl2N2O2. The third-order valence-electron chi connectivity index (χ3n) is 4.96. The Morgan fingerprint density at radius 1 is 1.35 bits per heavy atom. The molecule has 0 fully saturated rings. The molecular weight excluding hydrogens is 439 g/mol. The number of halogens is 3. The topological polar surface area (TPSA) is 55.1 Å². The van der Waals surface area contributed by atoms with Crippen molar-refractivity contribution < 1.29 is 9.90 Å². The molecule has 0 aliphatic heterocycles. The Bertz CT molecular complexity index is 1030. The van der Waals surface area contributed by atoms with E-state index >= 15 is 0 Å². The van der Waals surface area contributed by atoms with Gasteiger partial charge in [-0.25, -0.2) is 4.98 Å². The van der Waals surface area contributed by atoms with E-state index in [1.807, 2.05) is 24.4 Å². The molecule has 4 nitrogen and oxygen atoms in total. The van der Waals surface area contributed by atoms with Crippen LogP contribution in [-0.2, 0) is 17.8 Å². The number of carboxylic acid groups (broad SMARTS) is 1. The Hall–Kier alpha value is -1.56. The van der Waals surface area contributed by atoms with Gasteiger partial charge < -0.3 is 9.67 Å². The fourth-order valence-corrected chi connectivity index (χ4v) is 4.69. The van der Waals surface area contributed by atoms with Gasteiger partial charge >= 0.3 is 5.97 Å². The SMILES string of the molecule is O=C(O)CC1CCc2c1n(Cc1ccc(Cl)cc1Cl)c1cnc(Br)cc21. The quantitative estimate of drug-likeness (QED) is 0.518. The number of fused-ring (bicyclic) bond motifs is 3. The number of carbonyl (C=O) groups is 1. The van der Waals surface area contributed by atoms with Crippen LogP contribution in [0.15, 0.2) is 35.1 Å². The Labute approximate surface area is 168 Å². The molecule has 2 aromatic heterocycles. The number of benzene rings is 1. The van der Waals surface area contributed by atoms with Crippen molar-refractivity contribution in [3.63, 3.8) is 0 Å². The minimum atomic E-state index is -0.775. The fraction of sp³-hybridized carbons (Fsp3) is 0.263. The molecule has 1 aliphatic carbocycles. The van der Waals surface area contributed by atoms with Crippen molar-refractivity contribution in [2.75, 3.05) is 0 Å². The third kappa shape index (κ3) is 3.13. The maximum atomic E-state index is 11.3. The number of aryl methyl sites for hydroxylation is 1. The predicted octanol–water partition coefficient (Wildman–Crippen LogP) is 5.66. The van der Waals surface area contributed by atoms with Crippen molar-refractivity contribution in [1.82, 2.24) is 9.55 Å². The third-order valence-corrected chi connectivity index (χ3v) is 5.98. The first-order chi connectivity index (χ1) is 12.4. The van der Waals surface area contributed by atoms with Crippen molar-refractivity contribution in [2.45, 2.75) is 31.7 Å². The molecule has 0 radical (unpaired) electrons. The van der Waals surface area contributed by atoms with Gasteiger partial charge in [0.15, 0.2) is 0 Å². The standard InChI is InChI=1S/C19H15BrCl2N2O2/c20-17-7-14-13-4-2-10(5-18(25)26)19(13)24(16(14)8-23-17)9-11-1-3-12(21)6-15(11)22/h1,3,6-8,10H,2,4-5,9H2,(H,25,26). The lowest BCUT2D eigenvalue weighted by Crippen LogP contribution is -2.11. The summed E-state index contributed by atoms with van der Waals surface area (Å²) in [5.41, 5.74) is 4.26. The van der Waals surface area contributed by atoms with E-state index in [1.54, 1.807) is 6.07 Å². The molecule has 0 amide bonds. The second-order valence-electron chi connectivity index (χ2n) is 6.54. The van der Waals surface area contributed by atoms with E-state index in [2.05, 4.69) is 25.5 Å². The molecule has 2 heterocycles. The minimum absolute atomic E-state index is 0.000230. The van der Waals surface area contributed by atoms with Crippen LogP contribution in [0.4, 0.5) is 0 Å². The number of nitrogens with zero attached hydrogens (tertiary/aromatic N) is 2. The summed E-state index contributed by atoms with van der Waals surface area (Å²) < 4.78 is 2.94. The van der Waals surface area contributed by atoms with Gasteiger partial charge in [-0.05, 0) is 58.1 Å². The van der Waals surface area contributed by atoms with E-state index in [4.69, 9.17) is 23.2 Å². The molecule has 1 unspecified atom stereocenters. The van der Waals surface area contributed by atoms with Crippen LogP contribution in [0, 0.1) is 0 Å². The molecule has 4 rings (SSSR count). The van der Waals surface area contributed by atoms with E-state index in [-0.39, 0.29) is 12.3 Å². The van der Waals surface area contributed by atoms with Crippen LogP contribution in [0.2, 0.25) is 10.0 Å². The molecule has 1 N–H and O–H groups in total. The average molecular weight is 454 g/mol. The predicted molar refractivity (Wildman–Crippen MR) is 106 cm³/mol. The second-order valence-corrected chi connectivity index (χ2v) is 8.20. The number of rotatable bonds is 4. The van der Waals surface area contributed by atoms with Gasteiger partial charge in [0, 0.05) is 33.6 Å². The minimum Gasteiger partial charge on any atom is -0.481 e. The summed E-state index contributed by atoms with van der Waals surface area (Å²) in [7, 11) is 0. The van der Waals surface area contributed by atoms with Gasteiger partial charge in [-0.2, -0.15) is 0 Å². The first-order valence-electron chi connectivity index (χ1n) is 8.26. The van der Waals surface area contributed by atoms with Crippen LogP contribution in [0.1, 0.15) is 35.6 Å². The van der Waals surface area contributed by atoms with Crippen molar-refractivity contribution in [1.29, 1.82) is 0 Å². The number of pyridine rings is 1. The van der Waals surface area contributed by atoms with Gasteiger partial charge in [0.25, 0.3) is 0 Å². The average Bonchev–Trinajstić information content (AvgIpc) is 3.09. The lowest BCUT2D eigenvalue weighted by atomic mass is 10.0. The van der Waals surface area contributed by atoms with Gasteiger partial charge in [0.05, 0.1) is 18.1 Å². The summed E-state index contributed by atoms with van der Waals surface area (Å²) in [4.78, 5) is 15.7. The van der Waals surface area contributed by atoms with Gasteiger partial charge in [-0.1, -0.05) is 29.3 Å². The summed E-state index contributed by atoms with van der Waals surface area (Å²) in [6, 6.07) is 7.47. The smallest absolute Gasteiger partial charge is 0.304 e. The van der Waals surface area contributed by atoms with Gasteiger partial charge in [-0.15, -0.1) is 0 Å². The highest BCUT2D eigenvalue weighted by molar-refractivity contribution is 9.10. The molecule has 0 bridgehead atoms. The van der Waals surface area contributed by atoms with E-state index in [0.29, 0.717) is 16.6 Å². The number of carboxylic acids is 1. The van der Waals surface area contributed by atoms with E-state index in [9.17, 15) is 9.90 Å². The summed E-state index contributed by atoms with van der Waals surface area (Å²) in [6.07, 6.45) is 3.69. The van der Waals surface area contributed by atoms with Crippen molar-refractivity contribution in [3.05, 3.63) is 61.9 Å². The lowest BCUT2D eigenvalue weighted by Gasteiger charge is -2.16. The number of hydrogen-bond acceptors (Lipinski definition) is 2. The van der Waals surface area contributed by atoms with Crippen LogP contribution in [0.25, 0.3) is 10.9 Å². The van der Waals surface area contributed by atoms with Crippen molar-refractivity contribution in [3.8, 4) is 0 Å². The van der Waals surface area contributed by atoms with E-state index in [0.717, 1.165) is 39.6 Å². The Balaban J connectivity index is 1.88. The van der Waals surface area contributed by atoms with Crippen LogP contribution < -0.4 is 0 Å². The molecule has 7 heteroatoms. The summed E-state index contributed by atoms with van der Waals surface area (Å²) in [5.74, 6) is -0.775. The van der Waals surface area contributed by atoms with Gasteiger partial charge in [0.1, 0.15) is 4.60 Å². The maximum Gasteiger partial charge on any atom is 0.304 e. The van der Waals surface area contributed by atoms with Gasteiger partial charge in [-0.3, -0.25) is 4.79 Å². The molecule has 26 heavy (non-hydrogen) atoms. The zero-order valence-corrected chi connectivity index (χ0v) is 16.8. The van der Waals surface area contributed by atoms with Gasteiger partial charge in [0.2, 0.25) is 0 Å². The van der Waals surface area contributed by atoms with E-state index in [1.165, 1.54) is 5.56 Å². The highest BCUT2D eigenvalue weighted by Crippen LogP contribution is 2.42. The summed E-state index contributed by atoms with van der Waals surface area (Å²) in [5, 5.41) is 11.6. The normalized spacial score (nSPS) is 16.2. The molecule has 1 aliphatic rings. The monoisotopic (exact) mass is 452 g/mol. The lowest BCUT2D eigenvalue weighted by molar-refractivity contribution is -0.137. The summed E-state index contributed by atoms with van der Waals surface area (Å²) >= 11 is 15.8. The molecule has 1 aromatic carbocycles. The molecule has 1 atom stereocenters. The maximum absolute atomic E-state index is 11.3. The van der Waals surface area contributed by atoms with E-state index < -0.39 is 5.97 Å². The highest BCUT2D eigenvalue weighted by atomic mass is 79.9. The Morgan fingerprint density at radius 3 is 2.88 bits per heavy atom. The first kappa shape index (κ1) is 17.8. The second kappa shape index (κ2) is 6.87. The molecule has 0 spiro atoms. The fourth-order valence-electron chi connectivity index (χ4n) is 3.90. The van der Waals surface area contributed by atoms with Crippen LogP contribution in [0.3, 0.4) is 0 Å². The highest BCUT2D eigenvalue weighted by Gasteiger charge is 2.31. The number of hydrogen-bond donors (Lipinski definition) is 1. The molecule has 0 saturated heterocycles. The molecule has 0 saturated carbocycles. The molecule has 134 valence electrons. The van der Waals surface area contributed by atoms with Crippen LogP contribution >= 0.6 is 39.1 Å². The van der Waals surface area contributed by atoms with Crippen molar-refractivity contribution in [2.24, 2.45) is 0 Å². The Kier molecular flexibility index (Phi) is 4.71. The first-order valence-corrected chi connectivity index (χ1v) is 9.81. The van der Waals surface area contributed by atoms with Crippen LogP contribution in [-0.4, -0.2) is 20.6 Å². The van der Waals surface area contributed by atoms with Crippen LogP contribution in [0.5, 0.6) is 0 Å². The Morgan fingerprint density at radius 2 is 2.15 bits per heavy atom. The number of aromatic nitrogens is 2. The zero-order valence-electron chi connectivity index (χ0n) is 13.7.